The number of benzene rings is 2. The normalized spacial score (nSPS) is 10.4. The predicted molar refractivity (Wildman–Crippen MR) is 83.1 cm³/mol. The number of para-hydroxylation sites is 1. The summed E-state index contributed by atoms with van der Waals surface area (Å²) in [5, 5.41) is 21.7. The zero-order valence-corrected chi connectivity index (χ0v) is 11.8. The summed E-state index contributed by atoms with van der Waals surface area (Å²) in [6, 6.07) is 14.2. The molecule has 1 aromatic heterocycles. The summed E-state index contributed by atoms with van der Waals surface area (Å²) >= 11 is 0. The van der Waals surface area contributed by atoms with E-state index in [-0.39, 0.29) is 16.8 Å². The zero-order chi connectivity index (χ0) is 16.4. The smallest absolute Gasteiger partial charge is 0.270 e. The van der Waals surface area contributed by atoms with Crippen molar-refractivity contribution in [3.05, 3.63) is 75.8 Å². The van der Waals surface area contributed by atoms with Gasteiger partial charge in [-0.2, -0.15) is 0 Å². The van der Waals surface area contributed by atoms with E-state index in [1.807, 2.05) is 6.07 Å². The second kappa shape index (κ2) is 5.72. The number of nitrogens with zero attached hydrogens (tertiary/aromatic N) is 1. The molecular formula is C16H11N3O4. The van der Waals surface area contributed by atoms with Crippen LogP contribution < -0.4 is 10.9 Å². The summed E-state index contributed by atoms with van der Waals surface area (Å²) < 4.78 is 5.27. The number of nitrogens with one attached hydrogen (secondary N) is 2. The molecule has 7 nitrogen and oxygen atoms in total. The van der Waals surface area contributed by atoms with Gasteiger partial charge in [0.1, 0.15) is 11.1 Å². The molecule has 0 aliphatic rings. The Balaban J connectivity index is 2.02. The van der Waals surface area contributed by atoms with Crippen molar-refractivity contribution < 1.29 is 14.1 Å². The molecule has 0 saturated carbocycles. The van der Waals surface area contributed by atoms with Crippen LogP contribution in [-0.2, 0) is 0 Å². The van der Waals surface area contributed by atoms with Crippen LogP contribution in [0.2, 0.25) is 0 Å². The first-order chi connectivity index (χ1) is 11.0. The molecule has 1 heterocycles. The van der Waals surface area contributed by atoms with Gasteiger partial charge in [-0.1, -0.05) is 18.2 Å². The molecule has 3 rings (SSSR count). The molecule has 0 radical (unpaired) electrons. The SMILES string of the molecule is N=c1oc2ccc([N+](=O)[O-])cc2cc1C(=O)Nc1ccccc1. The number of carbonyl (C=O) groups excluding carboxylic acids is 1. The van der Waals surface area contributed by atoms with Crippen LogP contribution in [0, 0.1) is 15.5 Å². The van der Waals surface area contributed by atoms with Gasteiger partial charge in [0.05, 0.1) is 4.92 Å². The van der Waals surface area contributed by atoms with Crippen LogP contribution in [0.1, 0.15) is 10.4 Å². The van der Waals surface area contributed by atoms with Crippen LogP contribution in [-0.4, -0.2) is 10.8 Å². The number of rotatable bonds is 3. The number of anilines is 1. The van der Waals surface area contributed by atoms with E-state index in [4.69, 9.17) is 9.83 Å². The van der Waals surface area contributed by atoms with E-state index in [2.05, 4.69) is 5.32 Å². The van der Waals surface area contributed by atoms with Crippen LogP contribution >= 0.6 is 0 Å². The fourth-order valence-electron chi connectivity index (χ4n) is 2.13. The van der Waals surface area contributed by atoms with Crippen LogP contribution in [0.4, 0.5) is 11.4 Å². The molecule has 0 unspecified atom stereocenters. The lowest BCUT2D eigenvalue weighted by Gasteiger charge is -2.06. The Morgan fingerprint density at radius 1 is 1.13 bits per heavy atom. The largest absolute Gasteiger partial charge is 0.438 e. The molecule has 0 fully saturated rings. The standard InChI is InChI=1S/C16H11N3O4/c17-15-13(16(20)18-11-4-2-1-3-5-11)9-10-8-12(19(21)22)6-7-14(10)23-15/h1-9,17H,(H,18,20). The molecule has 0 atom stereocenters. The van der Waals surface area contributed by atoms with E-state index in [1.54, 1.807) is 24.3 Å². The van der Waals surface area contributed by atoms with Crippen molar-refractivity contribution >= 4 is 28.3 Å². The van der Waals surface area contributed by atoms with Crippen molar-refractivity contribution in [3.8, 4) is 0 Å². The van der Waals surface area contributed by atoms with Gasteiger partial charge in [0.15, 0.2) is 0 Å². The van der Waals surface area contributed by atoms with E-state index >= 15 is 0 Å². The van der Waals surface area contributed by atoms with Crippen molar-refractivity contribution in [1.29, 1.82) is 5.41 Å². The van der Waals surface area contributed by atoms with Crippen LogP contribution in [0.15, 0.2) is 59.0 Å². The number of non-ortho nitro benzene ring substituents is 1. The second-order valence-electron chi connectivity index (χ2n) is 4.79. The maximum absolute atomic E-state index is 12.3. The molecule has 0 saturated heterocycles. The Hall–Kier alpha value is -3.48. The average Bonchev–Trinajstić information content (AvgIpc) is 2.54. The average molecular weight is 309 g/mol. The number of hydrogen-bond donors (Lipinski definition) is 2. The molecule has 2 N–H and O–H groups in total. The predicted octanol–water partition coefficient (Wildman–Crippen LogP) is 3.07. The lowest BCUT2D eigenvalue weighted by atomic mass is 10.1. The molecule has 2 aromatic carbocycles. The zero-order valence-electron chi connectivity index (χ0n) is 11.8. The van der Waals surface area contributed by atoms with Gasteiger partial charge in [0.25, 0.3) is 11.6 Å². The Morgan fingerprint density at radius 3 is 2.57 bits per heavy atom. The number of amides is 1. The molecule has 0 aliphatic heterocycles. The summed E-state index contributed by atoms with van der Waals surface area (Å²) in [6.07, 6.45) is 0. The van der Waals surface area contributed by atoms with E-state index in [0.29, 0.717) is 16.7 Å². The van der Waals surface area contributed by atoms with E-state index in [9.17, 15) is 14.9 Å². The van der Waals surface area contributed by atoms with Crippen LogP contribution in [0.5, 0.6) is 0 Å². The third kappa shape index (κ3) is 2.93. The highest BCUT2D eigenvalue weighted by molar-refractivity contribution is 6.05. The molecular weight excluding hydrogens is 298 g/mol. The number of hydrogen-bond acceptors (Lipinski definition) is 5. The van der Waals surface area contributed by atoms with Gasteiger partial charge < -0.3 is 9.73 Å². The lowest BCUT2D eigenvalue weighted by Crippen LogP contribution is -2.20. The van der Waals surface area contributed by atoms with Gasteiger partial charge in [-0.15, -0.1) is 0 Å². The molecule has 1 amide bonds. The van der Waals surface area contributed by atoms with Crippen molar-refractivity contribution in [2.24, 2.45) is 0 Å². The number of nitro groups is 1. The van der Waals surface area contributed by atoms with Gasteiger partial charge in [-0.3, -0.25) is 20.3 Å². The number of nitro benzene ring substituents is 1. The van der Waals surface area contributed by atoms with Crippen molar-refractivity contribution in [2.45, 2.75) is 0 Å². The lowest BCUT2D eigenvalue weighted by molar-refractivity contribution is -0.384. The molecule has 7 heteroatoms. The van der Waals surface area contributed by atoms with Gasteiger partial charge in [0.2, 0.25) is 5.55 Å². The van der Waals surface area contributed by atoms with Crippen molar-refractivity contribution in [1.82, 2.24) is 0 Å². The Kier molecular flexibility index (Phi) is 3.60. The van der Waals surface area contributed by atoms with Gasteiger partial charge in [-0.05, 0) is 24.3 Å². The van der Waals surface area contributed by atoms with Crippen LogP contribution in [0.3, 0.4) is 0 Å². The fourth-order valence-corrected chi connectivity index (χ4v) is 2.13. The molecule has 23 heavy (non-hydrogen) atoms. The maximum Gasteiger partial charge on any atom is 0.270 e. The molecule has 114 valence electrons. The third-order valence-electron chi connectivity index (χ3n) is 3.24. The molecule has 0 spiro atoms. The Bertz CT molecular complexity index is 964. The topological polar surface area (TPSA) is 109 Å². The Morgan fingerprint density at radius 2 is 1.87 bits per heavy atom. The highest BCUT2D eigenvalue weighted by Gasteiger charge is 2.14. The minimum Gasteiger partial charge on any atom is -0.438 e. The van der Waals surface area contributed by atoms with Gasteiger partial charge in [-0.25, -0.2) is 0 Å². The van der Waals surface area contributed by atoms with E-state index < -0.39 is 10.8 Å². The molecule has 0 aliphatic carbocycles. The minimum absolute atomic E-state index is 0.00171. The highest BCUT2D eigenvalue weighted by Crippen LogP contribution is 2.20. The summed E-state index contributed by atoms with van der Waals surface area (Å²) in [6.45, 7) is 0. The summed E-state index contributed by atoms with van der Waals surface area (Å²) in [5.41, 5.74) is 0.467. The molecule has 3 aromatic rings. The van der Waals surface area contributed by atoms with E-state index in [0.717, 1.165) is 0 Å². The third-order valence-corrected chi connectivity index (χ3v) is 3.24. The highest BCUT2D eigenvalue weighted by atomic mass is 16.6. The first-order valence-corrected chi connectivity index (χ1v) is 6.68. The monoisotopic (exact) mass is 309 g/mol. The van der Waals surface area contributed by atoms with Crippen molar-refractivity contribution in [2.75, 3.05) is 5.32 Å². The van der Waals surface area contributed by atoms with E-state index in [1.165, 1.54) is 24.3 Å². The maximum atomic E-state index is 12.3. The number of carbonyl (C=O) groups is 1. The quantitative estimate of drug-likeness (QED) is 0.572. The molecule has 0 bridgehead atoms. The summed E-state index contributed by atoms with van der Waals surface area (Å²) in [4.78, 5) is 22.6. The van der Waals surface area contributed by atoms with Gasteiger partial charge >= 0.3 is 0 Å². The van der Waals surface area contributed by atoms with Crippen molar-refractivity contribution in [3.63, 3.8) is 0 Å². The second-order valence-corrected chi connectivity index (χ2v) is 4.79. The van der Waals surface area contributed by atoms with Gasteiger partial charge in [0, 0.05) is 23.2 Å². The summed E-state index contributed by atoms with van der Waals surface area (Å²) in [5.74, 6) is -0.515. The first kappa shape index (κ1) is 14.5. The summed E-state index contributed by atoms with van der Waals surface area (Å²) in [7, 11) is 0. The number of fused-ring (bicyclic) bond motifs is 1. The fraction of sp³-hybridized carbons (Fsp3) is 0. The minimum atomic E-state index is -0.530. The van der Waals surface area contributed by atoms with Crippen LogP contribution in [0.25, 0.3) is 11.0 Å². The first-order valence-electron chi connectivity index (χ1n) is 6.68. The Labute approximate surface area is 129 Å².